The summed E-state index contributed by atoms with van der Waals surface area (Å²) in [5.41, 5.74) is 6.39. The lowest BCUT2D eigenvalue weighted by Crippen LogP contribution is -2.33. The van der Waals surface area contributed by atoms with E-state index in [1.54, 1.807) is 19.2 Å². The van der Waals surface area contributed by atoms with Crippen molar-refractivity contribution < 1.29 is 9.13 Å². The molecule has 4 heteroatoms. The Kier molecular flexibility index (Phi) is 5.94. The zero-order valence-corrected chi connectivity index (χ0v) is 10.5. The minimum Gasteiger partial charge on any atom is -0.380 e. The van der Waals surface area contributed by atoms with Gasteiger partial charge in [0, 0.05) is 25.9 Å². The van der Waals surface area contributed by atoms with E-state index in [0.717, 1.165) is 25.2 Å². The van der Waals surface area contributed by atoms with Crippen molar-refractivity contribution in [1.29, 1.82) is 0 Å². The second kappa shape index (κ2) is 7.25. The first-order valence-corrected chi connectivity index (χ1v) is 5.90. The molecular weight excluding hydrogens is 219 g/mol. The third-order valence-electron chi connectivity index (χ3n) is 2.69. The van der Waals surface area contributed by atoms with Crippen LogP contribution in [0.1, 0.15) is 13.3 Å². The van der Waals surface area contributed by atoms with Crippen LogP contribution < -0.4 is 10.6 Å². The molecular formula is C13H21FN2O. The van der Waals surface area contributed by atoms with Gasteiger partial charge < -0.3 is 15.4 Å². The van der Waals surface area contributed by atoms with Gasteiger partial charge in [0.2, 0.25) is 0 Å². The van der Waals surface area contributed by atoms with Gasteiger partial charge in [-0.25, -0.2) is 4.39 Å². The van der Waals surface area contributed by atoms with Crippen molar-refractivity contribution in [3.05, 3.63) is 30.1 Å². The maximum Gasteiger partial charge on any atom is 0.125 e. The van der Waals surface area contributed by atoms with Gasteiger partial charge in [-0.15, -0.1) is 0 Å². The molecule has 1 atom stereocenters. The highest BCUT2D eigenvalue weighted by Crippen LogP contribution is 2.16. The van der Waals surface area contributed by atoms with E-state index in [1.807, 2.05) is 13.0 Å². The van der Waals surface area contributed by atoms with Gasteiger partial charge >= 0.3 is 0 Å². The Morgan fingerprint density at radius 2 is 2.24 bits per heavy atom. The number of anilines is 1. The van der Waals surface area contributed by atoms with Crippen LogP contribution in [0.4, 0.5) is 10.1 Å². The Balaban J connectivity index is 2.74. The average molecular weight is 240 g/mol. The van der Waals surface area contributed by atoms with Crippen LogP contribution in [0, 0.1) is 5.82 Å². The molecule has 1 unspecified atom stereocenters. The largest absolute Gasteiger partial charge is 0.380 e. The molecule has 3 nitrogen and oxygen atoms in total. The molecule has 0 aliphatic heterocycles. The molecule has 0 fully saturated rings. The summed E-state index contributed by atoms with van der Waals surface area (Å²) in [6.45, 7) is 4.18. The number of halogens is 1. The molecule has 0 heterocycles. The van der Waals surface area contributed by atoms with E-state index >= 15 is 0 Å². The molecule has 0 aromatic heterocycles. The van der Waals surface area contributed by atoms with Crippen LogP contribution in [0.25, 0.3) is 0 Å². The second-order valence-electron chi connectivity index (χ2n) is 4.11. The summed E-state index contributed by atoms with van der Waals surface area (Å²) in [5.74, 6) is -0.217. The highest BCUT2D eigenvalue weighted by molar-refractivity contribution is 5.46. The third kappa shape index (κ3) is 4.71. The van der Waals surface area contributed by atoms with Crippen molar-refractivity contribution >= 4 is 5.69 Å². The van der Waals surface area contributed by atoms with Crippen LogP contribution in [-0.2, 0) is 4.74 Å². The number of benzene rings is 1. The number of methoxy groups -OCH3 is 1. The van der Waals surface area contributed by atoms with E-state index in [0.29, 0.717) is 6.54 Å². The first-order chi connectivity index (χ1) is 8.17. The predicted octanol–water partition coefficient (Wildman–Crippen LogP) is 2.02. The summed E-state index contributed by atoms with van der Waals surface area (Å²) in [5, 5.41) is 0. The standard InChI is InChI=1S/C13H21FN2O/c1-11(17-2)10-16(8-4-7-15)13-6-3-5-12(14)9-13/h3,5-6,9,11H,4,7-8,10,15H2,1-2H3. The van der Waals surface area contributed by atoms with Gasteiger partial charge in [0.25, 0.3) is 0 Å². The van der Waals surface area contributed by atoms with E-state index in [1.165, 1.54) is 6.07 Å². The molecule has 17 heavy (non-hydrogen) atoms. The summed E-state index contributed by atoms with van der Waals surface area (Å²) < 4.78 is 18.4. The summed E-state index contributed by atoms with van der Waals surface area (Å²) >= 11 is 0. The molecule has 0 bridgehead atoms. The highest BCUT2D eigenvalue weighted by Gasteiger charge is 2.10. The minimum atomic E-state index is -0.217. The van der Waals surface area contributed by atoms with Crippen molar-refractivity contribution in [2.75, 3.05) is 31.6 Å². The summed E-state index contributed by atoms with van der Waals surface area (Å²) in [4.78, 5) is 2.10. The van der Waals surface area contributed by atoms with Crippen LogP contribution in [-0.4, -0.2) is 32.8 Å². The van der Waals surface area contributed by atoms with Crippen LogP contribution in [0.15, 0.2) is 24.3 Å². The predicted molar refractivity (Wildman–Crippen MR) is 68.8 cm³/mol. The molecule has 0 saturated carbocycles. The zero-order valence-electron chi connectivity index (χ0n) is 10.5. The van der Waals surface area contributed by atoms with Crippen LogP contribution >= 0.6 is 0 Å². The first-order valence-electron chi connectivity index (χ1n) is 5.90. The maximum atomic E-state index is 13.2. The Morgan fingerprint density at radius 1 is 1.47 bits per heavy atom. The van der Waals surface area contributed by atoms with Crippen molar-refractivity contribution in [3.8, 4) is 0 Å². The maximum absolute atomic E-state index is 13.2. The van der Waals surface area contributed by atoms with Crippen molar-refractivity contribution in [1.82, 2.24) is 0 Å². The number of hydrogen-bond acceptors (Lipinski definition) is 3. The smallest absolute Gasteiger partial charge is 0.125 e. The van der Waals surface area contributed by atoms with E-state index in [4.69, 9.17) is 10.5 Å². The van der Waals surface area contributed by atoms with E-state index < -0.39 is 0 Å². The van der Waals surface area contributed by atoms with Gasteiger partial charge in [0.1, 0.15) is 5.82 Å². The van der Waals surface area contributed by atoms with Crippen molar-refractivity contribution in [2.45, 2.75) is 19.4 Å². The van der Waals surface area contributed by atoms with E-state index in [2.05, 4.69) is 4.90 Å². The van der Waals surface area contributed by atoms with Gasteiger partial charge in [0.15, 0.2) is 0 Å². The molecule has 0 amide bonds. The van der Waals surface area contributed by atoms with Crippen LogP contribution in [0.2, 0.25) is 0 Å². The number of rotatable bonds is 7. The second-order valence-corrected chi connectivity index (χ2v) is 4.11. The Labute approximate surface area is 102 Å². The molecule has 0 saturated heterocycles. The van der Waals surface area contributed by atoms with Gasteiger partial charge in [0.05, 0.1) is 6.10 Å². The topological polar surface area (TPSA) is 38.5 Å². The first kappa shape index (κ1) is 13.9. The summed E-state index contributed by atoms with van der Waals surface area (Å²) in [6, 6.07) is 6.61. The molecule has 0 aliphatic rings. The van der Waals surface area contributed by atoms with Crippen molar-refractivity contribution in [2.24, 2.45) is 5.73 Å². The SMILES string of the molecule is COC(C)CN(CCCN)c1cccc(F)c1. The molecule has 2 N–H and O–H groups in total. The highest BCUT2D eigenvalue weighted by atomic mass is 19.1. The molecule has 1 aromatic rings. The lowest BCUT2D eigenvalue weighted by Gasteiger charge is -2.27. The minimum absolute atomic E-state index is 0.107. The molecule has 96 valence electrons. The Hall–Kier alpha value is -1.13. The summed E-state index contributed by atoms with van der Waals surface area (Å²) in [7, 11) is 1.68. The quantitative estimate of drug-likeness (QED) is 0.792. The fourth-order valence-electron chi connectivity index (χ4n) is 1.67. The Morgan fingerprint density at radius 3 is 2.82 bits per heavy atom. The van der Waals surface area contributed by atoms with Crippen molar-refractivity contribution in [3.63, 3.8) is 0 Å². The van der Waals surface area contributed by atoms with Crippen LogP contribution in [0.3, 0.4) is 0 Å². The zero-order chi connectivity index (χ0) is 12.7. The number of nitrogens with two attached hydrogens (primary N) is 1. The molecule has 1 rings (SSSR count). The van der Waals surface area contributed by atoms with Gasteiger partial charge in [-0.1, -0.05) is 6.07 Å². The van der Waals surface area contributed by atoms with Gasteiger partial charge in [-0.05, 0) is 38.1 Å². The number of hydrogen-bond donors (Lipinski definition) is 1. The Bertz CT molecular complexity index is 333. The van der Waals surface area contributed by atoms with Crippen LogP contribution in [0.5, 0.6) is 0 Å². The fourth-order valence-corrected chi connectivity index (χ4v) is 1.67. The summed E-state index contributed by atoms with van der Waals surface area (Å²) in [6.07, 6.45) is 0.989. The lowest BCUT2D eigenvalue weighted by molar-refractivity contribution is 0.123. The molecule has 0 aliphatic carbocycles. The molecule has 1 aromatic carbocycles. The average Bonchev–Trinajstić information content (AvgIpc) is 2.34. The lowest BCUT2D eigenvalue weighted by atomic mass is 10.2. The monoisotopic (exact) mass is 240 g/mol. The third-order valence-corrected chi connectivity index (χ3v) is 2.69. The van der Waals surface area contributed by atoms with Gasteiger partial charge in [-0.2, -0.15) is 0 Å². The fraction of sp³-hybridized carbons (Fsp3) is 0.538. The molecule has 0 spiro atoms. The number of ether oxygens (including phenoxy) is 1. The van der Waals surface area contributed by atoms with Gasteiger partial charge in [-0.3, -0.25) is 0 Å². The molecule has 0 radical (unpaired) electrons. The number of nitrogens with zero attached hydrogens (tertiary/aromatic N) is 1. The van der Waals surface area contributed by atoms with E-state index in [-0.39, 0.29) is 11.9 Å². The van der Waals surface area contributed by atoms with E-state index in [9.17, 15) is 4.39 Å². The normalized spacial score (nSPS) is 12.5.